The average molecular weight is 196 g/mol. The van der Waals surface area contributed by atoms with Gasteiger partial charge in [0.05, 0.1) is 0 Å². The third-order valence-electron chi connectivity index (χ3n) is 3.89. The van der Waals surface area contributed by atoms with Gasteiger partial charge in [-0.05, 0) is 38.8 Å². The molecule has 14 heavy (non-hydrogen) atoms. The van der Waals surface area contributed by atoms with Gasteiger partial charge < -0.3 is 0 Å². The number of fused-ring (bicyclic) bond motifs is 1. The molecular weight excluding hydrogens is 172 g/mol. The smallest absolute Gasteiger partial charge is 0.0224 e. The molecule has 2 rings (SSSR count). The van der Waals surface area contributed by atoms with Crippen molar-refractivity contribution in [2.75, 3.05) is 26.2 Å². The number of rotatable bonds is 3. The van der Waals surface area contributed by atoms with E-state index in [2.05, 4.69) is 23.6 Å². The normalized spacial score (nSPS) is 34.7. The van der Waals surface area contributed by atoms with Crippen LogP contribution in [0.2, 0.25) is 0 Å². The number of piperazine rings is 1. The minimum atomic E-state index is 0.837. The molecule has 2 aliphatic rings. The molecule has 0 amide bonds. The third-order valence-corrected chi connectivity index (χ3v) is 3.89. The first kappa shape index (κ1) is 10.4. The zero-order valence-electron chi connectivity index (χ0n) is 9.71. The maximum Gasteiger partial charge on any atom is 0.0224 e. The summed E-state index contributed by atoms with van der Waals surface area (Å²) >= 11 is 0. The first-order valence-electron chi connectivity index (χ1n) is 6.33. The summed E-state index contributed by atoms with van der Waals surface area (Å²) in [4.78, 5) is 5.45. The Hall–Kier alpha value is -0.0800. The molecule has 82 valence electrons. The van der Waals surface area contributed by atoms with Crippen LogP contribution in [0.3, 0.4) is 0 Å². The van der Waals surface area contributed by atoms with Crippen molar-refractivity contribution in [2.45, 2.75) is 51.6 Å². The van der Waals surface area contributed by atoms with Gasteiger partial charge in [0.1, 0.15) is 0 Å². The molecule has 0 N–H and O–H groups in total. The van der Waals surface area contributed by atoms with Crippen LogP contribution in [0.4, 0.5) is 0 Å². The van der Waals surface area contributed by atoms with Crippen LogP contribution in [0.5, 0.6) is 0 Å². The van der Waals surface area contributed by atoms with E-state index >= 15 is 0 Å². The summed E-state index contributed by atoms with van der Waals surface area (Å²) in [5, 5.41) is 0. The van der Waals surface area contributed by atoms with E-state index in [1.165, 1.54) is 51.9 Å². The minimum absolute atomic E-state index is 0.837. The lowest BCUT2D eigenvalue weighted by Gasteiger charge is -2.43. The largest absolute Gasteiger partial charge is 0.298 e. The third kappa shape index (κ3) is 1.96. The van der Waals surface area contributed by atoms with Crippen LogP contribution in [0, 0.1) is 0 Å². The van der Waals surface area contributed by atoms with Gasteiger partial charge in [-0.2, -0.15) is 0 Å². The quantitative estimate of drug-likeness (QED) is 0.681. The second-order valence-corrected chi connectivity index (χ2v) is 4.85. The van der Waals surface area contributed by atoms with E-state index in [9.17, 15) is 0 Å². The lowest BCUT2D eigenvalue weighted by atomic mass is 10.0. The Kier molecular flexibility index (Phi) is 3.45. The monoisotopic (exact) mass is 196 g/mol. The molecule has 0 aromatic heterocycles. The predicted octanol–water partition coefficient (Wildman–Crippen LogP) is 1.96. The second-order valence-electron chi connectivity index (χ2n) is 4.85. The summed E-state index contributed by atoms with van der Waals surface area (Å²) in [5.41, 5.74) is 0. The van der Waals surface area contributed by atoms with Gasteiger partial charge in [0.15, 0.2) is 0 Å². The van der Waals surface area contributed by atoms with Gasteiger partial charge in [-0.3, -0.25) is 9.80 Å². The van der Waals surface area contributed by atoms with Crippen molar-refractivity contribution < 1.29 is 0 Å². The number of nitrogens with zero attached hydrogens (tertiary/aromatic N) is 2. The fraction of sp³-hybridized carbons (Fsp3) is 1.00. The molecular formula is C12H24N2. The summed E-state index contributed by atoms with van der Waals surface area (Å²) in [6.07, 6.45) is 5.50. The standard InChI is InChI=1S/C12H24N2/c1-3-7-13-10-12-6-5-8-14(12)9-11(13)4-2/h11-12H,3-10H2,1-2H3. The molecule has 2 aliphatic heterocycles. The van der Waals surface area contributed by atoms with Gasteiger partial charge in [0, 0.05) is 25.2 Å². The zero-order chi connectivity index (χ0) is 9.97. The molecule has 0 saturated carbocycles. The van der Waals surface area contributed by atoms with E-state index < -0.39 is 0 Å². The summed E-state index contributed by atoms with van der Waals surface area (Å²) in [7, 11) is 0. The van der Waals surface area contributed by atoms with Crippen molar-refractivity contribution in [2.24, 2.45) is 0 Å². The summed E-state index contributed by atoms with van der Waals surface area (Å²) in [5.74, 6) is 0. The fourth-order valence-corrected chi connectivity index (χ4v) is 3.10. The first-order valence-corrected chi connectivity index (χ1v) is 6.33. The van der Waals surface area contributed by atoms with Gasteiger partial charge in [-0.15, -0.1) is 0 Å². The van der Waals surface area contributed by atoms with Gasteiger partial charge >= 0.3 is 0 Å². The van der Waals surface area contributed by atoms with Crippen LogP contribution < -0.4 is 0 Å². The van der Waals surface area contributed by atoms with E-state index in [0.717, 1.165) is 12.1 Å². The van der Waals surface area contributed by atoms with E-state index in [1.807, 2.05) is 0 Å². The Labute approximate surface area is 88.3 Å². The highest BCUT2D eigenvalue weighted by Gasteiger charge is 2.34. The molecule has 2 heterocycles. The maximum absolute atomic E-state index is 2.73. The topological polar surface area (TPSA) is 6.48 Å². The van der Waals surface area contributed by atoms with Gasteiger partial charge in [0.25, 0.3) is 0 Å². The molecule has 0 radical (unpaired) electrons. The average Bonchev–Trinajstić information content (AvgIpc) is 2.64. The Morgan fingerprint density at radius 2 is 2.07 bits per heavy atom. The van der Waals surface area contributed by atoms with Crippen molar-refractivity contribution in [1.29, 1.82) is 0 Å². The lowest BCUT2D eigenvalue weighted by Crippen LogP contribution is -2.55. The van der Waals surface area contributed by atoms with Gasteiger partial charge in [0.2, 0.25) is 0 Å². The van der Waals surface area contributed by atoms with Crippen LogP contribution in [-0.4, -0.2) is 48.1 Å². The Balaban J connectivity index is 1.95. The molecule has 2 fully saturated rings. The molecule has 2 nitrogen and oxygen atoms in total. The Morgan fingerprint density at radius 1 is 1.21 bits per heavy atom. The van der Waals surface area contributed by atoms with E-state index in [-0.39, 0.29) is 0 Å². The summed E-state index contributed by atoms with van der Waals surface area (Å²) in [6, 6.07) is 1.73. The van der Waals surface area contributed by atoms with Crippen molar-refractivity contribution in [3.63, 3.8) is 0 Å². The molecule has 0 aromatic rings. The highest BCUT2D eigenvalue weighted by atomic mass is 15.3. The number of hydrogen-bond donors (Lipinski definition) is 0. The predicted molar refractivity (Wildman–Crippen MR) is 60.5 cm³/mol. The van der Waals surface area contributed by atoms with Crippen LogP contribution >= 0.6 is 0 Å². The highest BCUT2D eigenvalue weighted by molar-refractivity contribution is 4.91. The highest BCUT2D eigenvalue weighted by Crippen LogP contribution is 2.25. The Bertz CT molecular complexity index is 181. The maximum atomic E-state index is 2.73. The summed E-state index contributed by atoms with van der Waals surface area (Å²) < 4.78 is 0. The van der Waals surface area contributed by atoms with Gasteiger partial charge in [-0.25, -0.2) is 0 Å². The molecule has 0 aliphatic carbocycles. The van der Waals surface area contributed by atoms with E-state index in [0.29, 0.717) is 0 Å². The number of hydrogen-bond acceptors (Lipinski definition) is 2. The van der Waals surface area contributed by atoms with Crippen molar-refractivity contribution in [3.05, 3.63) is 0 Å². The van der Waals surface area contributed by atoms with E-state index in [4.69, 9.17) is 0 Å². The molecule has 0 aromatic carbocycles. The second kappa shape index (κ2) is 4.63. The molecule has 2 unspecified atom stereocenters. The van der Waals surface area contributed by atoms with Gasteiger partial charge in [-0.1, -0.05) is 13.8 Å². The van der Waals surface area contributed by atoms with Crippen LogP contribution in [-0.2, 0) is 0 Å². The first-order chi connectivity index (χ1) is 6.85. The SMILES string of the molecule is CCCN1CC2CCCN2CC1CC. The van der Waals surface area contributed by atoms with Crippen LogP contribution in [0.25, 0.3) is 0 Å². The molecule has 0 bridgehead atoms. The Morgan fingerprint density at radius 3 is 2.79 bits per heavy atom. The zero-order valence-corrected chi connectivity index (χ0v) is 9.71. The van der Waals surface area contributed by atoms with Crippen molar-refractivity contribution in [1.82, 2.24) is 9.80 Å². The molecule has 2 atom stereocenters. The van der Waals surface area contributed by atoms with Crippen molar-refractivity contribution >= 4 is 0 Å². The molecule has 0 spiro atoms. The van der Waals surface area contributed by atoms with Crippen LogP contribution in [0.1, 0.15) is 39.5 Å². The summed E-state index contributed by atoms with van der Waals surface area (Å²) in [6.45, 7) is 9.98. The lowest BCUT2D eigenvalue weighted by molar-refractivity contribution is 0.0494. The minimum Gasteiger partial charge on any atom is -0.298 e. The van der Waals surface area contributed by atoms with E-state index in [1.54, 1.807) is 0 Å². The van der Waals surface area contributed by atoms with Crippen LogP contribution in [0.15, 0.2) is 0 Å². The fourth-order valence-electron chi connectivity index (χ4n) is 3.10. The molecule has 2 heteroatoms. The molecule has 2 saturated heterocycles. The van der Waals surface area contributed by atoms with Crippen molar-refractivity contribution in [3.8, 4) is 0 Å².